The first-order chi connectivity index (χ1) is 18.4. The van der Waals surface area contributed by atoms with Crippen LogP contribution in [-0.2, 0) is 6.18 Å². The van der Waals surface area contributed by atoms with E-state index in [1.807, 2.05) is 0 Å². The molecule has 2 aromatic carbocycles. The first-order valence-corrected chi connectivity index (χ1v) is 11.6. The van der Waals surface area contributed by atoms with Gasteiger partial charge in [-0.2, -0.15) is 13.2 Å². The van der Waals surface area contributed by atoms with Gasteiger partial charge >= 0.3 is 6.18 Å². The molecule has 1 atom stereocenters. The van der Waals surface area contributed by atoms with Crippen molar-refractivity contribution in [3.8, 4) is 11.3 Å². The molecule has 4 aromatic rings. The minimum atomic E-state index is -4.90. The normalized spacial score (nSPS) is 14.6. The first kappa shape index (κ1) is 26.2. The highest BCUT2D eigenvalue weighted by atomic mass is 35.5. The summed E-state index contributed by atoms with van der Waals surface area (Å²) in [6.07, 6.45) is -2.04. The van der Waals surface area contributed by atoms with Gasteiger partial charge in [0.15, 0.2) is 0 Å². The third-order valence-corrected chi connectivity index (χ3v) is 6.26. The van der Waals surface area contributed by atoms with Gasteiger partial charge in [-0.05, 0) is 49.4 Å². The maximum absolute atomic E-state index is 14.1. The summed E-state index contributed by atoms with van der Waals surface area (Å²) in [5.41, 5.74) is -1.42. The van der Waals surface area contributed by atoms with Gasteiger partial charge in [-0.1, -0.05) is 11.6 Å². The van der Waals surface area contributed by atoms with Crippen molar-refractivity contribution in [2.24, 2.45) is 0 Å². The molecule has 5 rings (SSSR count). The fraction of sp³-hybridized carbons (Fsp3) is 0.115. The molecule has 0 saturated heterocycles. The minimum Gasteiger partial charge on any atom is -0.340 e. The van der Waals surface area contributed by atoms with Gasteiger partial charge in [-0.3, -0.25) is 9.59 Å². The summed E-state index contributed by atoms with van der Waals surface area (Å²) in [4.78, 5) is 38.6. The van der Waals surface area contributed by atoms with E-state index in [2.05, 4.69) is 25.6 Å². The number of halogens is 6. The van der Waals surface area contributed by atoms with Crippen molar-refractivity contribution in [1.82, 2.24) is 20.3 Å². The summed E-state index contributed by atoms with van der Waals surface area (Å²) < 4.78 is 67.8. The fourth-order valence-electron chi connectivity index (χ4n) is 4.12. The number of anilines is 1. The van der Waals surface area contributed by atoms with Gasteiger partial charge in [-0.25, -0.2) is 23.7 Å². The zero-order valence-electron chi connectivity index (χ0n) is 19.7. The summed E-state index contributed by atoms with van der Waals surface area (Å²) in [7, 11) is 0. The number of aromatic nitrogens is 3. The van der Waals surface area contributed by atoms with Crippen LogP contribution in [0, 0.1) is 18.6 Å². The van der Waals surface area contributed by atoms with Gasteiger partial charge in [-0.15, -0.1) is 0 Å². The molecule has 0 bridgehead atoms. The lowest BCUT2D eigenvalue weighted by molar-refractivity contribution is -0.137. The molecule has 1 unspecified atom stereocenters. The van der Waals surface area contributed by atoms with Crippen molar-refractivity contribution in [2.45, 2.75) is 19.1 Å². The van der Waals surface area contributed by atoms with Crippen LogP contribution in [0.2, 0.25) is 5.02 Å². The zero-order valence-corrected chi connectivity index (χ0v) is 20.5. The zero-order chi connectivity index (χ0) is 28.1. The van der Waals surface area contributed by atoms with E-state index in [0.717, 1.165) is 12.1 Å². The number of fused-ring (bicyclic) bond motifs is 1. The fourth-order valence-corrected chi connectivity index (χ4v) is 4.34. The predicted molar refractivity (Wildman–Crippen MR) is 130 cm³/mol. The van der Waals surface area contributed by atoms with E-state index in [-0.39, 0.29) is 39.3 Å². The molecule has 7 nitrogen and oxygen atoms in total. The number of carbonyl (C=O) groups is 2. The minimum absolute atomic E-state index is 0.0536. The molecule has 0 spiro atoms. The molecule has 3 heterocycles. The molecule has 2 aromatic heterocycles. The van der Waals surface area contributed by atoms with Crippen molar-refractivity contribution >= 4 is 29.1 Å². The van der Waals surface area contributed by atoms with Crippen LogP contribution in [0.5, 0.6) is 0 Å². The summed E-state index contributed by atoms with van der Waals surface area (Å²) >= 11 is 6.27. The molecule has 0 fully saturated rings. The molecule has 1 aliphatic rings. The number of alkyl halides is 3. The average Bonchev–Trinajstić information content (AvgIpc) is 3.21. The third-order valence-electron chi connectivity index (χ3n) is 5.92. The Labute approximate surface area is 222 Å². The van der Waals surface area contributed by atoms with Crippen molar-refractivity contribution in [1.29, 1.82) is 0 Å². The Morgan fingerprint density at radius 3 is 2.44 bits per heavy atom. The lowest BCUT2D eigenvalue weighted by Gasteiger charge is -2.18. The number of carbonyl (C=O) groups excluding carboxylic acids is 2. The number of amides is 2. The Bertz CT molecular complexity index is 1640. The van der Waals surface area contributed by atoms with Crippen LogP contribution in [-0.4, -0.2) is 26.8 Å². The smallest absolute Gasteiger partial charge is 0.340 e. The summed E-state index contributed by atoms with van der Waals surface area (Å²) in [6, 6.07) is 5.19. The van der Waals surface area contributed by atoms with Gasteiger partial charge in [0.1, 0.15) is 23.2 Å². The van der Waals surface area contributed by atoms with Crippen LogP contribution < -0.4 is 10.6 Å². The Balaban J connectivity index is 1.66. The number of benzene rings is 2. The maximum atomic E-state index is 14.1. The molecule has 0 saturated carbocycles. The summed E-state index contributed by atoms with van der Waals surface area (Å²) in [5.74, 6) is -3.23. The maximum Gasteiger partial charge on any atom is 0.416 e. The van der Waals surface area contributed by atoms with Gasteiger partial charge in [0, 0.05) is 39.7 Å². The molecular formula is C26H15ClF5N5O2. The van der Waals surface area contributed by atoms with Crippen LogP contribution in [0.15, 0.2) is 54.9 Å². The Morgan fingerprint density at radius 1 is 1.03 bits per heavy atom. The number of aryl methyl sites for hydroxylation is 1. The number of pyridine rings is 1. The average molecular weight is 560 g/mol. The number of hydrogen-bond donors (Lipinski definition) is 2. The van der Waals surface area contributed by atoms with Gasteiger partial charge < -0.3 is 10.6 Å². The van der Waals surface area contributed by atoms with E-state index < -0.39 is 46.8 Å². The number of hydrogen-bond acceptors (Lipinski definition) is 5. The standard InChI is InChI=1S/C26H15ClF5N5O2/c1-11-33-9-13(10-34-11)19-8-20(36-24(38)12-4-14(26(30,31)32)6-16(29)5-12)21-22(37-25(39)23(21)35-19)17-7-15(28)2-3-18(17)27/h2-10,22H,1H3,(H,37,39)(H,35,36,38). The monoisotopic (exact) mass is 559 g/mol. The molecule has 0 radical (unpaired) electrons. The lowest BCUT2D eigenvalue weighted by atomic mass is 9.97. The molecule has 0 aliphatic carbocycles. The van der Waals surface area contributed by atoms with Crippen LogP contribution in [0.1, 0.15) is 49.4 Å². The largest absolute Gasteiger partial charge is 0.416 e. The SMILES string of the molecule is Cc1ncc(-c2cc(NC(=O)c3cc(F)cc(C(F)(F)F)c3)c3c(n2)C(=O)NC3c2cc(F)ccc2Cl)cn1. The lowest BCUT2D eigenvalue weighted by Crippen LogP contribution is -2.21. The molecule has 198 valence electrons. The Morgan fingerprint density at radius 2 is 1.74 bits per heavy atom. The second-order valence-electron chi connectivity index (χ2n) is 8.59. The number of nitrogens with zero attached hydrogens (tertiary/aromatic N) is 3. The van der Waals surface area contributed by atoms with E-state index in [4.69, 9.17) is 11.6 Å². The van der Waals surface area contributed by atoms with Gasteiger partial charge in [0.2, 0.25) is 0 Å². The number of nitrogens with one attached hydrogen (secondary N) is 2. The topological polar surface area (TPSA) is 96.9 Å². The van der Waals surface area contributed by atoms with E-state index in [0.29, 0.717) is 23.5 Å². The van der Waals surface area contributed by atoms with Crippen LogP contribution in [0.4, 0.5) is 27.6 Å². The van der Waals surface area contributed by atoms with Crippen molar-refractivity contribution in [3.05, 3.63) is 105 Å². The Kier molecular flexibility index (Phi) is 6.51. The highest BCUT2D eigenvalue weighted by Crippen LogP contribution is 2.40. The van der Waals surface area contributed by atoms with Crippen LogP contribution in [0.3, 0.4) is 0 Å². The molecule has 13 heteroatoms. The quantitative estimate of drug-likeness (QED) is 0.304. The molecule has 2 N–H and O–H groups in total. The van der Waals surface area contributed by atoms with Crippen molar-refractivity contribution in [2.75, 3.05) is 5.32 Å². The number of rotatable bonds is 4. The predicted octanol–water partition coefficient (Wildman–Crippen LogP) is 5.88. The van der Waals surface area contributed by atoms with E-state index >= 15 is 0 Å². The van der Waals surface area contributed by atoms with Crippen LogP contribution >= 0.6 is 11.6 Å². The second kappa shape index (κ2) is 9.70. The van der Waals surface area contributed by atoms with Crippen molar-refractivity contribution in [3.63, 3.8) is 0 Å². The van der Waals surface area contributed by atoms with E-state index in [1.165, 1.54) is 24.5 Å². The highest BCUT2D eigenvalue weighted by Gasteiger charge is 2.37. The van der Waals surface area contributed by atoms with E-state index in [1.54, 1.807) is 6.92 Å². The van der Waals surface area contributed by atoms with Crippen molar-refractivity contribution < 1.29 is 31.5 Å². The Hall–Kier alpha value is -4.45. The first-order valence-electron chi connectivity index (χ1n) is 11.2. The van der Waals surface area contributed by atoms with Crippen LogP contribution in [0.25, 0.3) is 11.3 Å². The molecular weight excluding hydrogens is 545 g/mol. The molecule has 39 heavy (non-hydrogen) atoms. The highest BCUT2D eigenvalue weighted by molar-refractivity contribution is 6.31. The second-order valence-corrected chi connectivity index (χ2v) is 9.00. The third kappa shape index (κ3) is 5.15. The van der Waals surface area contributed by atoms with Gasteiger partial charge in [0.25, 0.3) is 11.8 Å². The summed E-state index contributed by atoms with van der Waals surface area (Å²) in [6.45, 7) is 1.65. The summed E-state index contributed by atoms with van der Waals surface area (Å²) in [5, 5.41) is 5.20. The molecule has 1 aliphatic heterocycles. The van der Waals surface area contributed by atoms with Gasteiger partial charge in [0.05, 0.1) is 23.0 Å². The molecule has 2 amide bonds. The van der Waals surface area contributed by atoms with E-state index in [9.17, 15) is 31.5 Å².